The molecule has 1 saturated heterocycles. The highest BCUT2D eigenvalue weighted by Crippen LogP contribution is 2.17. The van der Waals surface area contributed by atoms with Crippen LogP contribution in [0.25, 0.3) is 0 Å². The second-order valence-electron chi connectivity index (χ2n) is 4.32. The summed E-state index contributed by atoms with van der Waals surface area (Å²) in [6, 6.07) is 0.446. The summed E-state index contributed by atoms with van der Waals surface area (Å²) in [5.41, 5.74) is 1.27. The van der Waals surface area contributed by atoms with Gasteiger partial charge in [-0.15, -0.1) is 0 Å². The second kappa shape index (κ2) is 4.71. The maximum atomic E-state index is 4.25. The minimum Gasteiger partial charge on any atom is -0.371 e. The number of hydrogen-bond donors (Lipinski definition) is 1. The Morgan fingerprint density at radius 2 is 2.07 bits per heavy atom. The standard InChI is InChI=1S/C12H21N3/c1-11(14-7-3-4-8-14)12(2)15-9-5-13-6-10-15/h3,7,11,13H,2,4-6,8-10H2,1H3. The van der Waals surface area contributed by atoms with Crippen LogP contribution in [-0.4, -0.2) is 48.6 Å². The third-order valence-electron chi connectivity index (χ3n) is 3.35. The summed E-state index contributed by atoms with van der Waals surface area (Å²) in [7, 11) is 0. The molecule has 0 aromatic carbocycles. The lowest BCUT2D eigenvalue weighted by Crippen LogP contribution is -2.46. The van der Waals surface area contributed by atoms with E-state index in [9.17, 15) is 0 Å². The molecule has 3 heteroatoms. The van der Waals surface area contributed by atoms with Gasteiger partial charge >= 0.3 is 0 Å². The first-order chi connectivity index (χ1) is 7.29. The monoisotopic (exact) mass is 207 g/mol. The number of piperazine rings is 1. The molecular formula is C12H21N3. The molecule has 0 aromatic heterocycles. The van der Waals surface area contributed by atoms with Crippen LogP contribution in [0.4, 0.5) is 0 Å². The van der Waals surface area contributed by atoms with E-state index in [0.29, 0.717) is 6.04 Å². The maximum Gasteiger partial charge on any atom is 0.0650 e. The Labute approximate surface area is 92.4 Å². The molecule has 2 aliphatic heterocycles. The van der Waals surface area contributed by atoms with Crippen LogP contribution in [0.1, 0.15) is 13.3 Å². The van der Waals surface area contributed by atoms with Gasteiger partial charge in [0.1, 0.15) is 0 Å². The van der Waals surface area contributed by atoms with Crippen LogP contribution in [-0.2, 0) is 0 Å². The van der Waals surface area contributed by atoms with Gasteiger partial charge in [-0.05, 0) is 19.5 Å². The van der Waals surface area contributed by atoms with Crippen molar-refractivity contribution >= 4 is 0 Å². The number of nitrogens with one attached hydrogen (secondary N) is 1. The van der Waals surface area contributed by atoms with Gasteiger partial charge in [0.2, 0.25) is 0 Å². The summed E-state index contributed by atoms with van der Waals surface area (Å²) < 4.78 is 0. The van der Waals surface area contributed by atoms with Gasteiger partial charge in [-0.1, -0.05) is 12.7 Å². The summed E-state index contributed by atoms with van der Waals surface area (Å²) in [4.78, 5) is 4.79. The van der Waals surface area contributed by atoms with E-state index in [2.05, 4.69) is 40.9 Å². The third-order valence-corrected chi connectivity index (χ3v) is 3.35. The van der Waals surface area contributed by atoms with E-state index in [1.807, 2.05) is 0 Å². The summed E-state index contributed by atoms with van der Waals surface area (Å²) in [6.45, 7) is 12.0. The molecule has 2 heterocycles. The van der Waals surface area contributed by atoms with Crippen molar-refractivity contribution in [2.45, 2.75) is 19.4 Å². The Bertz CT molecular complexity index is 254. The van der Waals surface area contributed by atoms with E-state index in [1.54, 1.807) is 0 Å². The van der Waals surface area contributed by atoms with E-state index in [1.165, 1.54) is 12.1 Å². The zero-order chi connectivity index (χ0) is 10.7. The summed E-state index contributed by atoms with van der Waals surface area (Å²) in [5.74, 6) is 0. The first-order valence-electron chi connectivity index (χ1n) is 5.86. The van der Waals surface area contributed by atoms with Gasteiger partial charge in [0.15, 0.2) is 0 Å². The van der Waals surface area contributed by atoms with E-state index in [4.69, 9.17) is 0 Å². The van der Waals surface area contributed by atoms with Crippen molar-refractivity contribution in [2.24, 2.45) is 0 Å². The highest BCUT2D eigenvalue weighted by Gasteiger charge is 2.20. The molecule has 0 amide bonds. The lowest BCUT2D eigenvalue weighted by atomic mass is 10.2. The summed E-state index contributed by atoms with van der Waals surface area (Å²) >= 11 is 0. The van der Waals surface area contributed by atoms with Crippen molar-refractivity contribution in [3.05, 3.63) is 24.6 Å². The number of hydrogen-bond acceptors (Lipinski definition) is 3. The van der Waals surface area contributed by atoms with Crippen LogP contribution in [0.15, 0.2) is 24.6 Å². The van der Waals surface area contributed by atoms with E-state index in [0.717, 1.165) is 32.7 Å². The first-order valence-corrected chi connectivity index (χ1v) is 5.86. The van der Waals surface area contributed by atoms with Crippen molar-refractivity contribution in [1.82, 2.24) is 15.1 Å². The van der Waals surface area contributed by atoms with Crippen LogP contribution in [0.3, 0.4) is 0 Å². The largest absolute Gasteiger partial charge is 0.371 e. The molecule has 0 aromatic rings. The smallest absolute Gasteiger partial charge is 0.0650 e. The molecule has 1 atom stereocenters. The molecule has 3 nitrogen and oxygen atoms in total. The highest BCUT2D eigenvalue weighted by atomic mass is 15.2. The van der Waals surface area contributed by atoms with E-state index >= 15 is 0 Å². The molecule has 15 heavy (non-hydrogen) atoms. The molecule has 84 valence electrons. The second-order valence-corrected chi connectivity index (χ2v) is 4.32. The summed E-state index contributed by atoms with van der Waals surface area (Å²) in [6.07, 6.45) is 5.62. The molecule has 1 unspecified atom stereocenters. The van der Waals surface area contributed by atoms with Gasteiger partial charge in [-0.25, -0.2) is 0 Å². The van der Waals surface area contributed by atoms with E-state index in [-0.39, 0.29) is 0 Å². The number of rotatable bonds is 3. The van der Waals surface area contributed by atoms with Crippen molar-refractivity contribution in [2.75, 3.05) is 32.7 Å². The lowest BCUT2D eigenvalue weighted by molar-refractivity contribution is 0.236. The topological polar surface area (TPSA) is 18.5 Å². The molecule has 0 saturated carbocycles. The van der Waals surface area contributed by atoms with Crippen molar-refractivity contribution < 1.29 is 0 Å². The molecule has 0 aliphatic carbocycles. The normalized spacial score (nSPS) is 23.3. The van der Waals surface area contributed by atoms with Gasteiger partial charge < -0.3 is 15.1 Å². The maximum absolute atomic E-state index is 4.25. The third kappa shape index (κ3) is 2.34. The average molecular weight is 207 g/mol. The molecular weight excluding hydrogens is 186 g/mol. The molecule has 2 aliphatic rings. The Hall–Kier alpha value is -0.960. The van der Waals surface area contributed by atoms with Gasteiger partial charge in [-0.2, -0.15) is 0 Å². The summed E-state index contributed by atoms with van der Waals surface area (Å²) in [5, 5.41) is 3.37. The van der Waals surface area contributed by atoms with Gasteiger partial charge in [-0.3, -0.25) is 0 Å². The minimum atomic E-state index is 0.446. The van der Waals surface area contributed by atoms with Crippen molar-refractivity contribution in [3.63, 3.8) is 0 Å². The Balaban J connectivity index is 1.90. The Kier molecular flexibility index (Phi) is 3.31. The highest BCUT2D eigenvalue weighted by molar-refractivity contribution is 5.09. The average Bonchev–Trinajstić information content (AvgIpc) is 2.82. The molecule has 0 bridgehead atoms. The molecule has 2 rings (SSSR count). The Morgan fingerprint density at radius 3 is 2.67 bits per heavy atom. The predicted molar refractivity (Wildman–Crippen MR) is 63.5 cm³/mol. The number of nitrogens with zero attached hydrogens (tertiary/aromatic N) is 2. The van der Waals surface area contributed by atoms with Crippen molar-refractivity contribution in [3.8, 4) is 0 Å². The van der Waals surface area contributed by atoms with Gasteiger partial charge in [0.25, 0.3) is 0 Å². The Morgan fingerprint density at radius 1 is 1.33 bits per heavy atom. The predicted octanol–water partition coefficient (Wildman–Crippen LogP) is 1.01. The fourth-order valence-electron chi connectivity index (χ4n) is 2.24. The molecule has 1 N–H and O–H groups in total. The fraction of sp³-hybridized carbons (Fsp3) is 0.667. The van der Waals surface area contributed by atoms with Crippen LogP contribution in [0, 0.1) is 0 Å². The van der Waals surface area contributed by atoms with Gasteiger partial charge in [0, 0.05) is 38.4 Å². The van der Waals surface area contributed by atoms with Gasteiger partial charge in [0.05, 0.1) is 6.04 Å². The minimum absolute atomic E-state index is 0.446. The zero-order valence-electron chi connectivity index (χ0n) is 9.58. The zero-order valence-corrected chi connectivity index (χ0v) is 9.58. The molecule has 0 radical (unpaired) electrons. The van der Waals surface area contributed by atoms with Crippen LogP contribution >= 0.6 is 0 Å². The van der Waals surface area contributed by atoms with Crippen LogP contribution < -0.4 is 5.32 Å². The molecule has 1 fully saturated rings. The van der Waals surface area contributed by atoms with Crippen molar-refractivity contribution in [1.29, 1.82) is 0 Å². The fourth-order valence-corrected chi connectivity index (χ4v) is 2.24. The quantitative estimate of drug-likeness (QED) is 0.745. The molecule has 0 spiro atoms. The van der Waals surface area contributed by atoms with Crippen LogP contribution in [0.2, 0.25) is 0 Å². The SMILES string of the molecule is C=C(C(C)N1C=CCC1)N1CCNCC1. The lowest BCUT2D eigenvalue weighted by Gasteiger charge is -2.37. The first kappa shape index (κ1) is 10.6. The van der Waals surface area contributed by atoms with Crippen LogP contribution in [0.5, 0.6) is 0 Å². The van der Waals surface area contributed by atoms with E-state index < -0.39 is 0 Å².